The lowest BCUT2D eigenvalue weighted by Crippen LogP contribution is -2.40. The molecule has 2 aromatic rings. The summed E-state index contributed by atoms with van der Waals surface area (Å²) in [4.78, 5) is 24.1. The first-order valence-corrected chi connectivity index (χ1v) is 10.7. The first-order valence-electron chi connectivity index (χ1n) is 10.7. The highest BCUT2D eigenvalue weighted by Crippen LogP contribution is 2.28. The Balaban J connectivity index is 1.27. The third-order valence-corrected chi connectivity index (χ3v) is 5.73. The van der Waals surface area contributed by atoms with Gasteiger partial charge in [-0.15, -0.1) is 0 Å². The maximum atomic E-state index is 13.7. The fourth-order valence-corrected chi connectivity index (χ4v) is 3.88. The topological polar surface area (TPSA) is 70.2 Å². The number of hydrogen-bond donors (Lipinski definition) is 3. The van der Waals surface area contributed by atoms with Crippen LogP contribution in [0.2, 0.25) is 0 Å². The predicted molar refractivity (Wildman–Crippen MR) is 116 cm³/mol. The molecular formula is C24H30FN3O2. The standard InChI is InChI=1S/C24H30FN3O2/c25-22-9-5-4-8-21(22)23(29)27-16-19-10-12-20(13-11-19)17-28-24(30)26-15-14-18-6-2-1-3-7-18/h1-9,19-20H,10-17H2,(H,27,29)(H2,26,28,30). The Bertz CT molecular complexity index is 820. The van der Waals surface area contributed by atoms with Crippen LogP contribution in [0.15, 0.2) is 54.6 Å². The molecule has 0 atom stereocenters. The summed E-state index contributed by atoms with van der Waals surface area (Å²) in [5, 5.41) is 8.73. The number of hydrogen-bond acceptors (Lipinski definition) is 2. The van der Waals surface area contributed by atoms with Gasteiger partial charge in [0, 0.05) is 19.6 Å². The number of nitrogens with one attached hydrogen (secondary N) is 3. The highest BCUT2D eigenvalue weighted by molar-refractivity contribution is 5.94. The molecule has 3 rings (SSSR count). The van der Waals surface area contributed by atoms with Gasteiger partial charge in [-0.1, -0.05) is 42.5 Å². The highest BCUT2D eigenvalue weighted by Gasteiger charge is 2.22. The average Bonchev–Trinajstić information content (AvgIpc) is 2.78. The molecular weight excluding hydrogens is 381 g/mol. The largest absolute Gasteiger partial charge is 0.352 e. The monoisotopic (exact) mass is 411 g/mol. The first kappa shape index (κ1) is 21.8. The minimum atomic E-state index is -0.494. The van der Waals surface area contributed by atoms with Crippen LogP contribution in [0.5, 0.6) is 0 Å². The number of halogens is 1. The van der Waals surface area contributed by atoms with Crippen molar-refractivity contribution < 1.29 is 14.0 Å². The molecule has 1 aliphatic carbocycles. The zero-order valence-corrected chi connectivity index (χ0v) is 17.2. The number of carbonyl (C=O) groups is 2. The number of rotatable bonds is 8. The van der Waals surface area contributed by atoms with E-state index in [2.05, 4.69) is 28.1 Å². The quantitative estimate of drug-likeness (QED) is 0.617. The summed E-state index contributed by atoms with van der Waals surface area (Å²) in [6.07, 6.45) is 4.85. The molecule has 1 saturated carbocycles. The van der Waals surface area contributed by atoms with Crippen molar-refractivity contribution in [2.75, 3.05) is 19.6 Å². The summed E-state index contributed by atoms with van der Waals surface area (Å²) >= 11 is 0. The van der Waals surface area contributed by atoms with Gasteiger partial charge in [0.1, 0.15) is 5.82 Å². The molecule has 0 bridgehead atoms. The zero-order chi connectivity index (χ0) is 21.2. The average molecular weight is 412 g/mol. The Hall–Kier alpha value is -2.89. The molecule has 2 aromatic carbocycles. The first-order chi connectivity index (χ1) is 14.6. The van der Waals surface area contributed by atoms with Gasteiger partial charge in [0.25, 0.3) is 5.91 Å². The molecule has 6 heteroatoms. The lowest BCUT2D eigenvalue weighted by Gasteiger charge is -2.28. The van der Waals surface area contributed by atoms with E-state index in [0.29, 0.717) is 31.5 Å². The molecule has 160 valence electrons. The molecule has 1 fully saturated rings. The van der Waals surface area contributed by atoms with Crippen LogP contribution in [0.25, 0.3) is 0 Å². The number of urea groups is 1. The summed E-state index contributed by atoms with van der Waals surface area (Å²) in [7, 11) is 0. The predicted octanol–water partition coefficient (Wildman–Crippen LogP) is 3.90. The maximum absolute atomic E-state index is 13.7. The number of amides is 3. The number of benzene rings is 2. The summed E-state index contributed by atoms with van der Waals surface area (Å²) < 4.78 is 13.7. The van der Waals surface area contributed by atoms with Gasteiger partial charge in [-0.2, -0.15) is 0 Å². The van der Waals surface area contributed by atoms with Gasteiger partial charge in [-0.25, -0.2) is 9.18 Å². The van der Waals surface area contributed by atoms with E-state index in [9.17, 15) is 14.0 Å². The molecule has 0 heterocycles. The summed E-state index contributed by atoms with van der Waals surface area (Å²) in [6, 6.07) is 16.0. The third-order valence-electron chi connectivity index (χ3n) is 5.73. The molecule has 0 spiro atoms. The lowest BCUT2D eigenvalue weighted by molar-refractivity contribution is 0.0937. The van der Waals surface area contributed by atoms with Crippen molar-refractivity contribution in [2.24, 2.45) is 11.8 Å². The Kier molecular flexibility index (Phi) is 8.24. The Morgan fingerprint density at radius 1 is 0.800 bits per heavy atom. The van der Waals surface area contributed by atoms with Gasteiger partial charge in [-0.05, 0) is 61.6 Å². The molecule has 5 nitrogen and oxygen atoms in total. The van der Waals surface area contributed by atoms with E-state index in [1.165, 1.54) is 17.7 Å². The molecule has 0 unspecified atom stereocenters. The van der Waals surface area contributed by atoms with E-state index >= 15 is 0 Å². The van der Waals surface area contributed by atoms with E-state index in [4.69, 9.17) is 0 Å². The van der Waals surface area contributed by atoms with Gasteiger partial charge in [0.2, 0.25) is 0 Å². The van der Waals surface area contributed by atoms with Crippen LogP contribution >= 0.6 is 0 Å². The smallest absolute Gasteiger partial charge is 0.314 e. The van der Waals surface area contributed by atoms with E-state index < -0.39 is 5.82 Å². The van der Waals surface area contributed by atoms with Gasteiger partial charge in [0.15, 0.2) is 0 Å². The summed E-state index contributed by atoms with van der Waals surface area (Å²) in [6.45, 7) is 1.85. The van der Waals surface area contributed by atoms with Crippen LogP contribution in [-0.2, 0) is 6.42 Å². The van der Waals surface area contributed by atoms with Crippen molar-refractivity contribution in [3.63, 3.8) is 0 Å². The summed E-state index contributed by atoms with van der Waals surface area (Å²) in [5.41, 5.74) is 1.30. The van der Waals surface area contributed by atoms with Crippen LogP contribution in [-0.4, -0.2) is 31.6 Å². The molecule has 0 radical (unpaired) electrons. The second kappa shape index (κ2) is 11.3. The fourth-order valence-electron chi connectivity index (χ4n) is 3.88. The van der Waals surface area contributed by atoms with Crippen LogP contribution in [0, 0.1) is 17.7 Å². The van der Waals surface area contributed by atoms with Crippen molar-refractivity contribution in [3.05, 3.63) is 71.5 Å². The van der Waals surface area contributed by atoms with E-state index in [-0.39, 0.29) is 17.5 Å². The Morgan fingerprint density at radius 2 is 1.40 bits per heavy atom. The molecule has 3 amide bonds. The summed E-state index contributed by atoms with van der Waals surface area (Å²) in [5.74, 6) is 0.0101. The molecule has 0 aromatic heterocycles. The second-order valence-corrected chi connectivity index (χ2v) is 7.95. The molecule has 0 saturated heterocycles. The van der Waals surface area contributed by atoms with Crippen molar-refractivity contribution >= 4 is 11.9 Å². The molecule has 1 aliphatic rings. The molecule has 30 heavy (non-hydrogen) atoms. The minimum absolute atomic E-state index is 0.0914. The maximum Gasteiger partial charge on any atom is 0.314 e. The van der Waals surface area contributed by atoms with Crippen molar-refractivity contribution in [1.82, 2.24) is 16.0 Å². The van der Waals surface area contributed by atoms with E-state index in [1.54, 1.807) is 12.1 Å². The van der Waals surface area contributed by atoms with Crippen molar-refractivity contribution in [1.29, 1.82) is 0 Å². The van der Waals surface area contributed by atoms with Gasteiger partial charge < -0.3 is 16.0 Å². The van der Waals surface area contributed by atoms with Crippen LogP contribution in [0.1, 0.15) is 41.6 Å². The normalized spacial score (nSPS) is 18.4. The Morgan fingerprint density at radius 3 is 2.07 bits per heavy atom. The fraction of sp³-hybridized carbons (Fsp3) is 0.417. The zero-order valence-electron chi connectivity index (χ0n) is 17.2. The van der Waals surface area contributed by atoms with Crippen LogP contribution < -0.4 is 16.0 Å². The molecule has 0 aliphatic heterocycles. The highest BCUT2D eigenvalue weighted by atomic mass is 19.1. The van der Waals surface area contributed by atoms with E-state index in [0.717, 1.165) is 32.1 Å². The minimum Gasteiger partial charge on any atom is -0.352 e. The number of carbonyl (C=O) groups excluding carboxylic acids is 2. The lowest BCUT2D eigenvalue weighted by atomic mass is 9.82. The third kappa shape index (κ3) is 6.87. The van der Waals surface area contributed by atoms with Gasteiger partial charge >= 0.3 is 6.03 Å². The van der Waals surface area contributed by atoms with Gasteiger partial charge in [0.05, 0.1) is 5.56 Å². The van der Waals surface area contributed by atoms with Crippen LogP contribution in [0.4, 0.5) is 9.18 Å². The second-order valence-electron chi connectivity index (χ2n) is 7.95. The van der Waals surface area contributed by atoms with Crippen LogP contribution in [0.3, 0.4) is 0 Å². The van der Waals surface area contributed by atoms with E-state index in [1.807, 2.05) is 18.2 Å². The van der Waals surface area contributed by atoms with Gasteiger partial charge in [-0.3, -0.25) is 4.79 Å². The molecule has 3 N–H and O–H groups in total. The van der Waals surface area contributed by atoms with Crippen molar-refractivity contribution in [2.45, 2.75) is 32.1 Å². The Labute approximate surface area is 177 Å². The SMILES string of the molecule is O=C(NCCc1ccccc1)NCC1CCC(CNC(=O)c2ccccc2F)CC1. The van der Waals surface area contributed by atoms with Crippen molar-refractivity contribution in [3.8, 4) is 0 Å².